The van der Waals surface area contributed by atoms with Crippen molar-refractivity contribution in [2.75, 3.05) is 19.8 Å². The molecule has 29 heavy (non-hydrogen) atoms. The zero-order valence-electron chi connectivity index (χ0n) is 16.5. The molecule has 0 radical (unpaired) electrons. The van der Waals surface area contributed by atoms with Crippen LogP contribution in [-0.4, -0.2) is 41.7 Å². The lowest BCUT2D eigenvalue weighted by atomic mass is 9.66. The van der Waals surface area contributed by atoms with Gasteiger partial charge in [0, 0.05) is 24.1 Å². The molecule has 2 heterocycles. The summed E-state index contributed by atoms with van der Waals surface area (Å²) >= 11 is 0. The highest BCUT2D eigenvalue weighted by atomic mass is 16.6. The van der Waals surface area contributed by atoms with Gasteiger partial charge in [0.25, 0.3) is 5.91 Å². The molecule has 5 heteroatoms. The van der Waals surface area contributed by atoms with Gasteiger partial charge in [0.15, 0.2) is 11.5 Å². The monoisotopic (exact) mass is 393 g/mol. The number of likely N-dealkylation sites (tertiary alicyclic amines) is 1. The van der Waals surface area contributed by atoms with E-state index in [0.29, 0.717) is 43.2 Å². The maximum absolute atomic E-state index is 13.4. The fraction of sp³-hybridized carbons (Fsp3) is 0.458. The van der Waals surface area contributed by atoms with Crippen molar-refractivity contribution in [1.82, 2.24) is 4.90 Å². The number of amides is 1. The molecule has 1 aliphatic carbocycles. The molecule has 0 aromatic heterocycles. The lowest BCUT2D eigenvalue weighted by molar-refractivity contribution is -0.110. The number of ether oxygens (including phenoxy) is 2. The van der Waals surface area contributed by atoms with Gasteiger partial charge in [-0.25, -0.2) is 0 Å². The van der Waals surface area contributed by atoms with E-state index in [-0.39, 0.29) is 17.9 Å². The first-order valence-corrected chi connectivity index (χ1v) is 10.7. The first-order valence-electron chi connectivity index (χ1n) is 10.7. The Morgan fingerprint density at radius 3 is 2.59 bits per heavy atom. The Hall–Kier alpha value is -2.53. The molecule has 2 aliphatic heterocycles. The maximum atomic E-state index is 13.4. The van der Waals surface area contributed by atoms with Crippen LogP contribution < -0.4 is 9.47 Å². The highest BCUT2D eigenvalue weighted by Gasteiger charge is 2.50. The SMILES string of the molecule is O=C(c1ccc2c(c1)OCCO2)N1CCC(O)(c2ccccc2)[C@H]2CCCC[C@H]21. The Balaban J connectivity index is 1.44. The second kappa shape index (κ2) is 7.38. The molecule has 1 saturated heterocycles. The molecule has 3 atom stereocenters. The van der Waals surface area contributed by atoms with Crippen LogP contribution in [0.4, 0.5) is 0 Å². The number of hydrogen-bond acceptors (Lipinski definition) is 4. The van der Waals surface area contributed by atoms with Crippen LogP contribution in [0.3, 0.4) is 0 Å². The molecule has 0 spiro atoms. The second-order valence-electron chi connectivity index (χ2n) is 8.36. The topological polar surface area (TPSA) is 59.0 Å². The van der Waals surface area contributed by atoms with Crippen molar-refractivity contribution in [3.63, 3.8) is 0 Å². The predicted octanol–water partition coefficient (Wildman–Crippen LogP) is 3.75. The summed E-state index contributed by atoms with van der Waals surface area (Å²) in [6.07, 6.45) is 4.64. The Labute approximate surface area is 171 Å². The van der Waals surface area contributed by atoms with Gasteiger partial charge in [0.1, 0.15) is 13.2 Å². The van der Waals surface area contributed by atoms with Crippen molar-refractivity contribution < 1.29 is 19.4 Å². The van der Waals surface area contributed by atoms with E-state index in [1.54, 1.807) is 6.07 Å². The van der Waals surface area contributed by atoms with E-state index in [0.717, 1.165) is 31.2 Å². The number of nitrogens with zero attached hydrogens (tertiary/aromatic N) is 1. The van der Waals surface area contributed by atoms with Gasteiger partial charge in [0.2, 0.25) is 0 Å². The van der Waals surface area contributed by atoms with Gasteiger partial charge in [-0.1, -0.05) is 43.2 Å². The van der Waals surface area contributed by atoms with Crippen LogP contribution in [0.1, 0.15) is 48.0 Å². The number of benzene rings is 2. The van der Waals surface area contributed by atoms with Crippen LogP contribution in [0, 0.1) is 5.92 Å². The van der Waals surface area contributed by atoms with Gasteiger partial charge < -0.3 is 19.5 Å². The zero-order chi connectivity index (χ0) is 19.8. The zero-order valence-corrected chi connectivity index (χ0v) is 16.5. The number of piperidine rings is 1. The fourth-order valence-electron chi connectivity index (χ4n) is 5.36. The lowest BCUT2D eigenvalue weighted by Crippen LogP contribution is -2.59. The Morgan fingerprint density at radius 1 is 1.00 bits per heavy atom. The van der Waals surface area contributed by atoms with E-state index in [2.05, 4.69) is 0 Å². The summed E-state index contributed by atoms with van der Waals surface area (Å²) in [5, 5.41) is 11.7. The van der Waals surface area contributed by atoms with Crippen LogP contribution >= 0.6 is 0 Å². The molecular weight excluding hydrogens is 366 g/mol. The molecule has 1 unspecified atom stereocenters. The molecule has 0 bridgehead atoms. The minimum atomic E-state index is -0.865. The summed E-state index contributed by atoms with van der Waals surface area (Å²) in [6, 6.07) is 15.5. The van der Waals surface area contributed by atoms with Crippen molar-refractivity contribution >= 4 is 5.91 Å². The van der Waals surface area contributed by atoms with Crippen molar-refractivity contribution in [3.8, 4) is 11.5 Å². The van der Waals surface area contributed by atoms with E-state index < -0.39 is 5.60 Å². The number of hydrogen-bond donors (Lipinski definition) is 1. The summed E-state index contributed by atoms with van der Waals surface area (Å²) in [5.41, 5.74) is 0.739. The van der Waals surface area contributed by atoms with Crippen molar-refractivity contribution in [2.24, 2.45) is 5.92 Å². The molecule has 3 aliphatic rings. The molecule has 5 nitrogen and oxygen atoms in total. The third-order valence-electron chi connectivity index (χ3n) is 6.80. The average molecular weight is 393 g/mol. The van der Waals surface area contributed by atoms with E-state index >= 15 is 0 Å². The second-order valence-corrected chi connectivity index (χ2v) is 8.36. The van der Waals surface area contributed by atoms with Crippen LogP contribution in [0.2, 0.25) is 0 Å². The maximum Gasteiger partial charge on any atom is 0.254 e. The van der Waals surface area contributed by atoms with Crippen LogP contribution in [0.15, 0.2) is 48.5 Å². The first kappa shape index (κ1) is 18.5. The van der Waals surface area contributed by atoms with Gasteiger partial charge in [0.05, 0.1) is 5.60 Å². The minimum absolute atomic E-state index is 0.0222. The first-order chi connectivity index (χ1) is 14.2. The van der Waals surface area contributed by atoms with Gasteiger partial charge >= 0.3 is 0 Å². The van der Waals surface area contributed by atoms with Gasteiger partial charge in [-0.05, 0) is 43.0 Å². The fourth-order valence-corrected chi connectivity index (χ4v) is 5.36. The Kier molecular flexibility index (Phi) is 4.70. The quantitative estimate of drug-likeness (QED) is 0.844. The molecule has 2 aromatic rings. The highest BCUT2D eigenvalue weighted by Crippen LogP contribution is 2.47. The van der Waals surface area contributed by atoms with Crippen LogP contribution in [0.5, 0.6) is 11.5 Å². The van der Waals surface area contributed by atoms with Crippen molar-refractivity contribution in [1.29, 1.82) is 0 Å². The van der Waals surface area contributed by atoms with Crippen molar-refractivity contribution in [2.45, 2.75) is 43.7 Å². The van der Waals surface area contributed by atoms with E-state index in [1.165, 1.54) is 0 Å². The minimum Gasteiger partial charge on any atom is -0.486 e. The molecular formula is C24H27NO4. The largest absolute Gasteiger partial charge is 0.486 e. The number of fused-ring (bicyclic) bond motifs is 2. The van der Waals surface area contributed by atoms with E-state index in [1.807, 2.05) is 47.4 Å². The molecule has 2 fully saturated rings. The van der Waals surface area contributed by atoms with Crippen molar-refractivity contribution in [3.05, 3.63) is 59.7 Å². The smallest absolute Gasteiger partial charge is 0.254 e. The van der Waals surface area contributed by atoms with Gasteiger partial charge in [-0.15, -0.1) is 0 Å². The third kappa shape index (κ3) is 3.18. The Bertz CT molecular complexity index is 899. The van der Waals surface area contributed by atoms with Crippen LogP contribution in [0.25, 0.3) is 0 Å². The number of carbonyl (C=O) groups is 1. The molecule has 1 saturated carbocycles. The highest BCUT2D eigenvalue weighted by molar-refractivity contribution is 5.95. The number of aliphatic hydroxyl groups is 1. The molecule has 152 valence electrons. The van der Waals surface area contributed by atoms with Gasteiger partial charge in [-0.3, -0.25) is 4.79 Å². The predicted molar refractivity (Wildman–Crippen MR) is 109 cm³/mol. The molecule has 1 N–H and O–H groups in total. The summed E-state index contributed by atoms with van der Waals surface area (Å²) < 4.78 is 11.2. The van der Waals surface area contributed by atoms with E-state index in [4.69, 9.17) is 9.47 Å². The van der Waals surface area contributed by atoms with E-state index in [9.17, 15) is 9.90 Å². The summed E-state index contributed by atoms with van der Waals surface area (Å²) in [5.74, 6) is 1.42. The Morgan fingerprint density at radius 2 is 1.76 bits per heavy atom. The molecule has 5 rings (SSSR count). The normalized spacial score (nSPS) is 28.5. The number of rotatable bonds is 2. The molecule has 1 amide bonds. The van der Waals surface area contributed by atoms with Crippen LogP contribution in [-0.2, 0) is 5.60 Å². The number of carbonyl (C=O) groups excluding carboxylic acids is 1. The third-order valence-corrected chi connectivity index (χ3v) is 6.80. The van der Waals surface area contributed by atoms with Gasteiger partial charge in [-0.2, -0.15) is 0 Å². The summed E-state index contributed by atoms with van der Waals surface area (Å²) in [7, 11) is 0. The average Bonchev–Trinajstić information content (AvgIpc) is 2.79. The lowest BCUT2D eigenvalue weighted by Gasteiger charge is -2.52. The standard InChI is InChI=1S/C24H27NO4/c26-23(17-10-11-21-22(16-17)29-15-14-28-21)25-13-12-24(27,18-6-2-1-3-7-18)19-8-4-5-9-20(19)25/h1-3,6-7,10-11,16,19-20,27H,4-5,8-9,12-15H2/t19-,20+,24?/m0/s1. The summed E-state index contributed by atoms with van der Waals surface area (Å²) in [6.45, 7) is 1.59. The molecule has 2 aromatic carbocycles. The summed E-state index contributed by atoms with van der Waals surface area (Å²) in [4.78, 5) is 15.4.